The van der Waals surface area contributed by atoms with E-state index in [4.69, 9.17) is 11.2 Å². The Balaban J connectivity index is 2.79. The van der Waals surface area contributed by atoms with E-state index in [0.29, 0.717) is 0 Å². The van der Waals surface area contributed by atoms with E-state index < -0.39 is 24.0 Å². The number of esters is 1. The Kier molecular flexibility index (Phi) is 5.48. The number of aliphatic hydroxyl groups is 1. The summed E-state index contributed by atoms with van der Waals surface area (Å²) in [5, 5.41) is 12.0. The molecule has 1 aliphatic heterocycles. The zero-order valence-electron chi connectivity index (χ0n) is 10.8. The van der Waals surface area contributed by atoms with Crippen LogP contribution in [0.1, 0.15) is 6.92 Å². The minimum Gasteiger partial charge on any atom is -0.467 e. The molecule has 1 aliphatic rings. The molecule has 0 saturated heterocycles. The van der Waals surface area contributed by atoms with E-state index in [2.05, 4.69) is 21.0 Å². The molecule has 1 amide bonds. The third kappa shape index (κ3) is 3.77. The molecule has 0 aromatic heterocycles. The zero-order chi connectivity index (χ0) is 14.4. The molecule has 1 rings (SSSR count). The van der Waals surface area contributed by atoms with Crippen molar-refractivity contribution in [3.8, 4) is 12.3 Å². The highest BCUT2D eigenvalue weighted by atomic mass is 16.5. The zero-order valence-corrected chi connectivity index (χ0v) is 10.8. The number of amidine groups is 1. The maximum atomic E-state index is 11.5. The number of rotatable bonds is 5. The van der Waals surface area contributed by atoms with Gasteiger partial charge in [-0.05, 0) is 0 Å². The first-order valence-electron chi connectivity index (χ1n) is 5.67. The van der Waals surface area contributed by atoms with Crippen LogP contribution >= 0.6 is 0 Å². The molecule has 7 heteroatoms. The molecule has 1 heterocycles. The van der Waals surface area contributed by atoms with E-state index in [1.165, 1.54) is 0 Å². The fourth-order valence-corrected chi connectivity index (χ4v) is 1.52. The molecule has 0 aromatic carbocycles. The largest absolute Gasteiger partial charge is 0.467 e. The average molecular weight is 268 g/mol. The van der Waals surface area contributed by atoms with Crippen LogP contribution < -0.4 is 5.32 Å². The van der Waals surface area contributed by atoms with E-state index in [0.717, 1.165) is 7.11 Å². The van der Waals surface area contributed by atoms with E-state index in [9.17, 15) is 14.7 Å². The van der Waals surface area contributed by atoms with Crippen LogP contribution in [0.25, 0.3) is 0 Å². The summed E-state index contributed by atoms with van der Waals surface area (Å²) in [4.78, 5) is 27.0. The van der Waals surface area contributed by atoms with Crippen LogP contribution in [0.3, 0.4) is 0 Å². The Morgan fingerprint density at radius 3 is 2.95 bits per heavy atom. The molecule has 2 N–H and O–H groups in total. The number of ether oxygens (including phenoxy) is 2. The van der Waals surface area contributed by atoms with Gasteiger partial charge in [0.1, 0.15) is 12.4 Å². The van der Waals surface area contributed by atoms with Gasteiger partial charge < -0.3 is 19.9 Å². The van der Waals surface area contributed by atoms with Crippen LogP contribution in [-0.4, -0.2) is 55.3 Å². The molecule has 0 spiro atoms. The number of aliphatic imine (C=N–C) groups is 1. The van der Waals surface area contributed by atoms with E-state index in [1.807, 2.05) is 0 Å². The molecule has 0 fully saturated rings. The summed E-state index contributed by atoms with van der Waals surface area (Å²) in [7, 11) is 1.16. The predicted octanol–water partition coefficient (Wildman–Crippen LogP) is -1.30. The number of methoxy groups -OCH3 is 1. The Morgan fingerprint density at radius 1 is 1.68 bits per heavy atom. The summed E-state index contributed by atoms with van der Waals surface area (Å²) in [6.07, 6.45) is 3.50. The predicted molar refractivity (Wildman–Crippen MR) is 66.2 cm³/mol. The number of aliphatic hydroxyl groups excluding tert-OH is 1. The van der Waals surface area contributed by atoms with Gasteiger partial charge in [0.25, 0.3) is 5.91 Å². The second-order valence-electron chi connectivity index (χ2n) is 4.04. The van der Waals surface area contributed by atoms with Gasteiger partial charge in [-0.2, -0.15) is 0 Å². The van der Waals surface area contributed by atoms with Crippen molar-refractivity contribution in [3.05, 3.63) is 0 Å². The fraction of sp³-hybridized carbons (Fsp3) is 0.583. The standard InChI is InChI=1S/C12H16N2O5/c1-4-5-19-6-7(2)10-13-8(12(17)18-3)9(15)11(16)14-10/h1,7-9,15H,5-6H2,2-3H3,(H,13,14,16). The molecule has 0 saturated carbocycles. The maximum Gasteiger partial charge on any atom is 0.333 e. The monoisotopic (exact) mass is 268 g/mol. The van der Waals surface area contributed by atoms with Gasteiger partial charge >= 0.3 is 5.97 Å². The lowest BCUT2D eigenvalue weighted by molar-refractivity contribution is -0.149. The molecular weight excluding hydrogens is 252 g/mol. The van der Waals surface area contributed by atoms with Crippen LogP contribution in [0.4, 0.5) is 0 Å². The number of carbonyl (C=O) groups is 2. The SMILES string of the molecule is C#CCOCC(C)C1=NC(C(=O)OC)C(O)C(=O)N1. The van der Waals surface area contributed by atoms with Crippen molar-refractivity contribution < 1.29 is 24.2 Å². The lowest BCUT2D eigenvalue weighted by Gasteiger charge is -2.26. The van der Waals surface area contributed by atoms with Gasteiger partial charge in [-0.25, -0.2) is 4.79 Å². The van der Waals surface area contributed by atoms with Crippen LogP contribution in [-0.2, 0) is 19.1 Å². The van der Waals surface area contributed by atoms with E-state index in [-0.39, 0.29) is 25.0 Å². The third-order valence-electron chi connectivity index (χ3n) is 2.56. The fourth-order valence-electron chi connectivity index (χ4n) is 1.52. The summed E-state index contributed by atoms with van der Waals surface area (Å²) in [5.74, 6) is 0.857. The number of amides is 1. The van der Waals surface area contributed by atoms with Gasteiger partial charge in [-0.15, -0.1) is 6.42 Å². The van der Waals surface area contributed by atoms with Crippen LogP contribution in [0, 0.1) is 18.3 Å². The summed E-state index contributed by atoms with van der Waals surface area (Å²) in [5.41, 5.74) is 0. The molecule has 0 aromatic rings. The third-order valence-corrected chi connectivity index (χ3v) is 2.56. The van der Waals surface area contributed by atoms with Crippen LogP contribution in [0.5, 0.6) is 0 Å². The molecular formula is C12H16N2O5. The van der Waals surface area contributed by atoms with Gasteiger partial charge in [0, 0.05) is 5.92 Å². The quantitative estimate of drug-likeness (QED) is 0.367. The molecule has 3 atom stereocenters. The van der Waals surface area contributed by atoms with Gasteiger partial charge in [0.05, 0.1) is 13.7 Å². The Hall–Kier alpha value is -1.91. The van der Waals surface area contributed by atoms with Crippen LogP contribution in [0.15, 0.2) is 4.99 Å². The lowest BCUT2D eigenvalue weighted by Crippen LogP contribution is -2.54. The number of terminal acetylenes is 1. The van der Waals surface area contributed by atoms with Crippen molar-refractivity contribution in [2.24, 2.45) is 10.9 Å². The lowest BCUT2D eigenvalue weighted by atomic mass is 10.1. The molecule has 0 bridgehead atoms. The average Bonchev–Trinajstić information content (AvgIpc) is 2.40. The highest BCUT2D eigenvalue weighted by Crippen LogP contribution is 2.11. The molecule has 104 valence electrons. The second kappa shape index (κ2) is 6.87. The first kappa shape index (κ1) is 15.1. The highest BCUT2D eigenvalue weighted by Gasteiger charge is 2.38. The first-order valence-corrected chi connectivity index (χ1v) is 5.67. The van der Waals surface area contributed by atoms with Gasteiger partial charge in [0.2, 0.25) is 0 Å². The van der Waals surface area contributed by atoms with Crippen molar-refractivity contribution in [3.63, 3.8) is 0 Å². The minimum atomic E-state index is -1.55. The van der Waals surface area contributed by atoms with Crippen molar-refractivity contribution >= 4 is 17.7 Å². The van der Waals surface area contributed by atoms with E-state index in [1.54, 1.807) is 6.92 Å². The number of hydrogen-bond donors (Lipinski definition) is 2. The summed E-state index contributed by atoms with van der Waals surface area (Å²) < 4.78 is 9.63. The molecule has 19 heavy (non-hydrogen) atoms. The Bertz CT molecular complexity index is 426. The molecule has 7 nitrogen and oxygen atoms in total. The van der Waals surface area contributed by atoms with Crippen molar-refractivity contribution in [1.82, 2.24) is 5.32 Å². The number of carbonyl (C=O) groups excluding carboxylic acids is 2. The highest BCUT2D eigenvalue weighted by molar-refractivity contribution is 6.06. The van der Waals surface area contributed by atoms with Crippen molar-refractivity contribution in [2.45, 2.75) is 19.1 Å². The summed E-state index contributed by atoms with van der Waals surface area (Å²) in [6.45, 7) is 2.14. The molecule has 0 radical (unpaired) electrons. The minimum absolute atomic E-state index is 0.147. The Morgan fingerprint density at radius 2 is 2.37 bits per heavy atom. The van der Waals surface area contributed by atoms with Crippen molar-refractivity contribution in [1.29, 1.82) is 0 Å². The summed E-state index contributed by atoms with van der Waals surface area (Å²) >= 11 is 0. The van der Waals surface area contributed by atoms with E-state index >= 15 is 0 Å². The Labute approximate surface area is 111 Å². The number of nitrogens with one attached hydrogen (secondary N) is 1. The topological polar surface area (TPSA) is 97.2 Å². The molecule has 0 aliphatic carbocycles. The number of nitrogens with zero attached hydrogens (tertiary/aromatic N) is 1. The van der Waals surface area contributed by atoms with Crippen LogP contribution in [0.2, 0.25) is 0 Å². The maximum absolute atomic E-state index is 11.5. The number of hydrogen-bond acceptors (Lipinski definition) is 6. The van der Waals surface area contributed by atoms with Gasteiger partial charge in [-0.1, -0.05) is 12.8 Å². The molecule has 3 unspecified atom stereocenters. The first-order chi connectivity index (χ1) is 9.01. The van der Waals surface area contributed by atoms with Crippen molar-refractivity contribution in [2.75, 3.05) is 20.3 Å². The smallest absolute Gasteiger partial charge is 0.333 e. The summed E-state index contributed by atoms with van der Waals surface area (Å²) in [6, 6.07) is -1.25. The normalized spacial score (nSPS) is 23.9. The van der Waals surface area contributed by atoms with Gasteiger partial charge in [0.15, 0.2) is 12.1 Å². The second-order valence-corrected chi connectivity index (χ2v) is 4.04. The van der Waals surface area contributed by atoms with Gasteiger partial charge in [-0.3, -0.25) is 9.79 Å².